The zero-order chi connectivity index (χ0) is 12.3. The molecule has 2 aromatic heterocycles. The highest BCUT2D eigenvalue weighted by molar-refractivity contribution is 7.16. The maximum Gasteiger partial charge on any atom is 0.254 e. The quantitative estimate of drug-likeness (QED) is 0.898. The minimum absolute atomic E-state index is 0.140. The highest BCUT2D eigenvalue weighted by Crippen LogP contribution is 2.26. The minimum Gasteiger partial charge on any atom is -0.472 e. The molecule has 0 aromatic carbocycles. The highest BCUT2D eigenvalue weighted by atomic mass is 35.5. The summed E-state index contributed by atoms with van der Waals surface area (Å²) in [5.41, 5.74) is 0.432. The number of rotatable bonds is 4. The van der Waals surface area contributed by atoms with Gasteiger partial charge in [0.15, 0.2) is 0 Å². The van der Waals surface area contributed by atoms with Crippen molar-refractivity contribution in [3.05, 3.63) is 45.5 Å². The first-order valence-electron chi connectivity index (χ1n) is 4.90. The zero-order valence-electron chi connectivity index (χ0n) is 8.72. The lowest BCUT2D eigenvalue weighted by atomic mass is 10.2. The third kappa shape index (κ3) is 3.09. The van der Waals surface area contributed by atoms with E-state index in [1.807, 2.05) is 0 Å². The van der Waals surface area contributed by atoms with Gasteiger partial charge in [-0.05, 0) is 18.2 Å². The van der Waals surface area contributed by atoms with E-state index in [1.165, 1.54) is 23.9 Å². The smallest absolute Gasteiger partial charge is 0.254 e. The first kappa shape index (κ1) is 12.2. The van der Waals surface area contributed by atoms with Crippen LogP contribution in [-0.4, -0.2) is 17.6 Å². The van der Waals surface area contributed by atoms with Gasteiger partial charge in [0.1, 0.15) is 12.4 Å². The number of furan rings is 1. The zero-order valence-corrected chi connectivity index (χ0v) is 10.3. The molecule has 2 heterocycles. The molecule has 0 aliphatic rings. The summed E-state index contributed by atoms with van der Waals surface area (Å²) in [5.74, 6) is -0.277. The Labute approximate surface area is 107 Å². The number of thiophene rings is 1. The first-order valence-corrected chi connectivity index (χ1v) is 6.10. The Hall–Kier alpha value is -1.30. The average Bonchev–Trinajstić information content (AvgIpc) is 2.95. The molecule has 0 aliphatic heterocycles. The van der Waals surface area contributed by atoms with Gasteiger partial charge in [-0.15, -0.1) is 11.3 Å². The van der Waals surface area contributed by atoms with Crippen LogP contribution in [0.5, 0.6) is 0 Å². The molecule has 2 N–H and O–H groups in total. The Morgan fingerprint density at radius 3 is 2.94 bits per heavy atom. The van der Waals surface area contributed by atoms with Crippen molar-refractivity contribution in [3.8, 4) is 0 Å². The number of hydrogen-bond acceptors (Lipinski definition) is 4. The molecule has 0 saturated heterocycles. The molecule has 90 valence electrons. The van der Waals surface area contributed by atoms with Crippen molar-refractivity contribution in [2.75, 3.05) is 6.54 Å². The van der Waals surface area contributed by atoms with Crippen LogP contribution in [0.15, 0.2) is 35.1 Å². The lowest BCUT2D eigenvalue weighted by molar-refractivity contribution is 0.0917. The fourth-order valence-corrected chi connectivity index (χ4v) is 2.34. The lowest BCUT2D eigenvalue weighted by Crippen LogP contribution is -2.27. The van der Waals surface area contributed by atoms with E-state index in [0.717, 1.165) is 4.88 Å². The summed E-state index contributed by atoms with van der Waals surface area (Å²) in [6.45, 7) is 0.140. The van der Waals surface area contributed by atoms with Crippen molar-refractivity contribution in [1.29, 1.82) is 0 Å². The van der Waals surface area contributed by atoms with Gasteiger partial charge in [0, 0.05) is 11.4 Å². The molecule has 0 bridgehead atoms. The number of aliphatic hydroxyl groups excluding tert-OH is 1. The van der Waals surface area contributed by atoms with Crippen LogP contribution in [0.3, 0.4) is 0 Å². The van der Waals surface area contributed by atoms with Crippen LogP contribution in [0.4, 0.5) is 0 Å². The third-order valence-corrected chi connectivity index (χ3v) is 3.49. The van der Waals surface area contributed by atoms with Crippen LogP contribution in [0.2, 0.25) is 4.34 Å². The maximum atomic E-state index is 11.5. The number of carbonyl (C=O) groups is 1. The molecule has 6 heteroatoms. The van der Waals surface area contributed by atoms with Gasteiger partial charge in [0.2, 0.25) is 0 Å². The molecule has 4 nitrogen and oxygen atoms in total. The summed E-state index contributed by atoms with van der Waals surface area (Å²) < 4.78 is 5.40. The second kappa shape index (κ2) is 5.35. The predicted octanol–water partition coefficient (Wildman–Crippen LogP) is 2.46. The SMILES string of the molecule is O=C(NC[C@@H](O)c1ccc(Cl)s1)c1ccoc1. The molecule has 0 radical (unpaired) electrons. The topological polar surface area (TPSA) is 62.5 Å². The van der Waals surface area contributed by atoms with E-state index >= 15 is 0 Å². The largest absolute Gasteiger partial charge is 0.472 e. The molecule has 2 aromatic rings. The van der Waals surface area contributed by atoms with E-state index in [2.05, 4.69) is 5.32 Å². The van der Waals surface area contributed by atoms with Gasteiger partial charge in [-0.3, -0.25) is 4.79 Å². The molecule has 2 rings (SSSR count). The van der Waals surface area contributed by atoms with Crippen molar-refractivity contribution in [2.24, 2.45) is 0 Å². The molecule has 0 spiro atoms. The van der Waals surface area contributed by atoms with E-state index in [1.54, 1.807) is 18.2 Å². The van der Waals surface area contributed by atoms with Gasteiger partial charge in [0.05, 0.1) is 16.2 Å². The van der Waals surface area contributed by atoms with E-state index in [-0.39, 0.29) is 12.5 Å². The summed E-state index contributed by atoms with van der Waals surface area (Å²) in [5, 5.41) is 12.4. The van der Waals surface area contributed by atoms with Crippen LogP contribution >= 0.6 is 22.9 Å². The van der Waals surface area contributed by atoms with Crippen LogP contribution in [0.1, 0.15) is 21.3 Å². The van der Waals surface area contributed by atoms with Crippen molar-refractivity contribution in [2.45, 2.75) is 6.10 Å². The Morgan fingerprint density at radius 1 is 1.53 bits per heavy atom. The first-order chi connectivity index (χ1) is 8.16. The van der Waals surface area contributed by atoms with E-state index in [4.69, 9.17) is 16.0 Å². The molecule has 1 atom stereocenters. The van der Waals surface area contributed by atoms with Crippen molar-refractivity contribution < 1.29 is 14.3 Å². The van der Waals surface area contributed by atoms with Gasteiger partial charge < -0.3 is 14.8 Å². The maximum absolute atomic E-state index is 11.5. The second-order valence-electron chi connectivity index (χ2n) is 3.38. The molecule has 1 amide bonds. The van der Waals surface area contributed by atoms with Crippen molar-refractivity contribution in [1.82, 2.24) is 5.32 Å². The standard InChI is InChI=1S/C11H10ClNO3S/c12-10-2-1-9(17-10)8(14)5-13-11(15)7-3-4-16-6-7/h1-4,6,8,14H,5H2,(H,13,15)/t8-/m1/s1. The number of hydrogen-bond donors (Lipinski definition) is 2. The van der Waals surface area contributed by atoms with E-state index in [0.29, 0.717) is 9.90 Å². The van der Waals surface area contributed by atoms with Crippen molar-refractivity contribution >= 4 is 28.8 Å². The van der Waals surface area contributed by atoms with Gasteiger partial charge >= 0.3 is 0 Å². The minimum atomic E-state index is -0.747. The summed E-state index contributed by atoms with van der Waals surface area (Å²) in [6.07, 6.45) is 2.03. The molecule has 0 aliphatic carbocycles. The van der Waals surface area contributed by atoms with Gasteiger partial charge in [-0.1, -0.05) is 11.6 Å². The average molecular weight is 272 g/mol. The van der Waals surface area contributed by atoms with Crippen LogP contribution < -0.4 is 5.32 Å². The summed E-state index contributed by atoms with van der Waals surface area (Å²) in [4.78, 5) is 12.3. The molecular weight excluding hydrogens is 262 g/mol. The number of nitrogens with one attached hydrogen (secondary N) is 1. The summed E-state index contributed by atoms with van der Waals surface area (Å²) in [7, 11) is 0. The molecular formula is C11H10ClNO3S. The predicted molar refractivity (Wildman–Crippen MR) is 65.3 cm³/mol. The second-order valence-corrected chi connectivity index (χ2v) is 5.13. The number of halogens is 1. The Morgan fingerprint density at radius 2 is 2.35 bits per heavy atom. The highest BCUT2D eigenvalue weighted by Gasteiger charge is 2.13. The number of carbonyl (C=O) groups excluding carboxylic acids is 1. The van der Waals surface area contributed by atoms with Crippen molar-refractivity contribution in [3.63, 3.8) is 0 Å². The normalized spacial score (nSPS) is 12.4. The van der Waals surface area contributed by atoms with E-state index < -0.39 is 6.10 Å². The Bertz CT molecular complexity index is 495. The third-order valence-electron chi connectivity index (χ3n) is 2.16. The Kier molecular flexibility index (Phi) is 3.83. The van der Waals surface area contributed by atoms with Gasteiger partial charge in [-0.2, -0.15) is 0 Å². The summed E-state index contributed by atoms with van der Waals surface area (Å²) in [6, 6.07) is 5.01. The lowest BCUT2D eigenvalue weighted by Gasteiger charge is -2.09. The van der Waals surface area contributed by atoms with Crippen LogP contribution in [-0.2, 0) is 0 Å². The summed E-state index contributed by atoms with van der Waals surface area (Å²) >= 11 is 7.05. The number of aliphatic hydroxyl groups is 1. The Balaban J connectivity index is 1.88. The van der Waals surface area contributed by atoms with E-state index in [9.17, 15) is 9.90 Å². The fourth-order valence-electron chi connectivity index (χ4n) is 1.29. The molecule has 0 saturated carbocycles. The van der Waals surface area contributed by atoms with Crippen LogP contribution in [0.25, 0.3) is 0 Å². The van der Waals surface area contributed by atoms with Gasteiger partial charge in [0.25, 0.3) is 5.91 Å². The monoisotopic (exact) mass is 271 g/mol. The molecule has 17 heavy (non-hydrogen) atoms. The number of amides is 1. The molecule has 0 fully saturated rings. The fraction of sp³-hybridized carbons (Fsp3) is 0.182. The van der Waals surface area contributed by atoms with Gasteiger partial charge in [-0.25, -0.2) is 0 Å². The molecule has 0 unspecified atom stereocenters. The van der Waals surface area contributed by atoms with Crippen LogP contribution in [0, 0.1) is 0 Å².